The monoisotopic (exact) mass is 396 g/mol. The highest BCUT2D eigenvalue weighted by molar-refractivity contribution is 8.00. The van der Waals surface area contributed by atoms with Crippen molar-refractivity contribution in [3.8, 4) is 11.4 Å². The van der Waals surface area contributed by atoms with Gasteiger partial charge in [-0.2, -0.15) is 9.78 Å². The van der Waals surface area contributed by atoms with Crippen LogP contribution in [0.25, 0.3) is 11.4 Å². The Balaban J connectivity index is 1.75. The molecule has 2 heterocycles. The molecule has 2 aromatic carbocycles. The van der Waals surface area contributed by atoms with E-state index in [1.165, 1.54) is 5.56 Å². The standard InChI is InChI=1S/C21H21ClN4S/c1-13-18(14-7-11-17(22)12-8-14)25-26-19(23-24-20(26)27-13)15-5-9-16(10-6-15)21(2,3)4/h5-13H,1-4H3/t13-/m1/s1. The summed E-state index contributed by atoms with van der Waals surface area (Å²) in [6, 6.07) is 16.3. The molecule has 27 heavy (non-hydrogen) atoms. The number of hydrogen-bond donors (Lipinski definition) is 0. The summed E-state index contributed by atoms with van der Waals surface area (Å²) in [6.45, 7) is 8.76. The van der Waals surface area contributed by atoms with Crippen molar-refractivity contribution in [1.82, 2.24) is 14.9 Å². The van der Waals surface area contributed by atoms with Crippen LogP contribution in [-0.4, -0.2) is 25.8 Å². The molecule has 1 aromatic heterocycles. The van der Waals surface area contributed by atoms with Crippen molar-refractivity contribution >= 4 is 29.1 Å². The number of thioether (sulfide) groups is 1. The largest absolute Gasteiger partial charge is 0.213 e. The highest BCUT2D eigenvalue weighted by atomic mass is 35.5. The Morgan fingerprint density at radius 1 is 0.926 bits per heavy atom. The Labute approximate surface area is 168 Å². The van der Waals surface area contributed by atoms with Gasteiger partial charge in [-0.15, -0.1) is 10.2 Å². The van der Waals surface area contributed by atoms with Crippen molar-refractivity contribution < 1.29 is 0 Å². The van der Waals surface area contributed by atoms with E-state index in [0.29, 0.717) is 0 Å². The molecule has 0 spiro atoms. The fraction of sp³-hybridized carbons (Fsp3) is 0.286. The molecule has 1 atom stereocenters. The third-order valence-electron chi connectivity index (χ3n) is 4.64. The van der Waals surface area contributed by atoms with Gasteiger partial charge in [-0.25, -0.2) is 0 Å². The van der Waals surface area contributed by atoms with Crippen molar-refractivity contribution in [3.05, 3.63) is 64.7 Å². The molecule has 0 saturated heterocycles. The lowest BCUT2D eigenvalue weighted by Crippen LogP contribution is -2.21. The summed E-state index contributed by atoms with van der Waals surface area (Å²) in [7, 11) is 0. The number of hydrogen-bond acceptors (Lipinski definition) is 4. The molecule has 0 saturated carbocycles. The normalized spacial score (nSPS) is 16.8. The Kier molecular flexibility index (Phi) is 4.60. The first-order chi connectivity index (χ1) is 12.8. The van der Waals surface area contributed by atoms with Gasteiger partial charge in [-0.3, -0.25) is 0 Å². The first kappa shape index (κ1) is 18.3. The first-order valence-corrected chi connectivity index (χ1v) is 10.2. The van der Waals surface area contributed by atoms with E-state index >= 15 is 0 Å². The number of fused-ring (bicyclic) bond motifs is 1. The van der Waals surface area contributed by atoms with Crippen LogP contribution in [0.1, 0.15) is 38.8 Å². The average molecular weight is 397 g/mol. The van der Waals surface area contributed by atoms with Gasteiger partial charge in [-0.1, -0.05) is 80.5 Å². The highest BCUT2D eigenvalue weighted by Gasteiger charge is 2.26. The maximum Gasteiger partial charge on any atom is 0.213 e. The lowest BCUT2D eigenvalue weighted by atomic mass is 9.87. The van der Waals surface area contributed by atoms with Gasteiger partial charge >= 0.3 is 0 Å². The second kappa shape index (κ2) is 6.80. The van der Waals surface area contributed by atoms with Gasteiger partial charge in [0.05, 0.1) is 11.0 Å². The van der Waals surface area contributed by atoms with Gasteiger partial charge in [0.1, 0.15) is 0 Å². The molecule has 0 N–H and O–H groups in total. The summed E-state index contributed by atoms with van der Waals surface area (Å²) in [5.74, 6) is 0.760. The number of rotatable bonds is 2. The number of benzene rings is 2. The second-order valence-corrected chi connectivity index (χ2v) is 9.44. The second-order valence-electron chi connectivity index (χ2n) is 7.70. The van der Waals surface area contributed by atoms with E-state index in [1.54, 1.807) is 11.8 Å². The molecular formula is C21H21ClN4S. The molecule has 0 fully saturated rings. The van der Waals surface area contributed by atoms with Crippen LogP contribution in [0, 0.1) is 0 Å². The molecule has 1 aliphatic heterocycles. The lowest BCUT2D eigenvalue weighted by Gasteiger charge is -2.20. The van der Waals surface area contributed by atoms with E-state index in [1.807, 2.05) is 28.9 Å². The Morgan fingerprint density at radius 2 is 1.56 bits per heavy atom. The molecule has 4 rings (SSSR count). The number of halogens is 1. The molecule has 0 bridgehead atoms. The van der Waals surface area contributed by atoms with Crippen LogP contribution in [0.5, 0.6) is 0 Å². The highest BCUT2D eigenvalue weighted by Crippen LogP contribution is 2.33. The van der Waals surface area contributed by atoms with Gasteiger partial charge in [0.2, 0.25) is 5.16 Å². The van der Waals surface area contributed by atoms with Gasteiger partial charge in [0.25, 0.3) is 0 Å². The van der Waals surface area contributed by atoms with Crippen LogP contribution >= 0.6 is 23.4 Å². The van der Waals surface area contributed by atoms with Gasteiger partial charge in [-0.05, 0) is 35.6 Å². The summed E-state index contributed by atoms with van der Waals surface area (Å²) < 4.78 is 1.85. The van der Waals surface area contributed by atoms with Gasteiger partial charge in [0, 0.05) is 10.6 Å². The molecule has 0 amide bonds. The minimum Gasteiger partial charge on any atom is -0.187 e. The first-order valence-electron chi connectivity index (χ1n) is 8.91. The quantitative estimate of drug-likeness (QED) is 0.562. The minimum atomic E-state index is 0.119. The SMILES string of the molecule is C[C@H]1Sc2nnc(-c3ccc(C(C)(C)C)cc3)n2N=C1c1ccc(Cl)cc1. The molecule has 0 unspecified atom stereocenters. The molecule has 3 aromatic rings. The maximum absolute atomic E-state index is 6.03. The van der Waals surface area contributed by atoms with E-state index in [-0.39, 0.29) is 10.7 Å². The Hall–Kier alpha value is -2.11. The van der Waals surface area contributed by atoms with Gasteiger partial charge < -0.3 is 0 Å². The molecule has 138 valence electrons. The zero-order valence-corrected chi connectivity index (χ0v) is 17.3. The van der Waals surface area contributed by atoms with Crippen molar-refractivity contribution in [2.24, 2.45) is 5.10 Å². The van der Waals surface area contributed by atoms with Crippen LogP contribution in [0.15, 0.2) is 58.8 Å². The molecular weight excluding hydrogens is 376 g/mol. The Morgan fingerprint density at radius 3 is 2.19 bits per heavy atom. The van der Waals surface area contributed by atoms with Crippen LogP contribution in [0.3, 0.4) is 0 Å². The van der Waals surface area contributed by atoms with E-state index in [4.69, 9.17) is 16.7 Å². The molecule has 0 radical (unpaired) electrons. The Bertz CT molecular complexity index is 998. The predicted molar refractivity (Wildman–Crippen MR) is 113 cm³/mol. The molecule has 6 heteroatoms. The smallest absolute Gasteiger partial charge is 0.187 e. The zero-order valence-electron chi connectivity index (χ0n) is 15.8. The van der Waals surface area contributed by atoms with E-state index < -0.39 is 0 Å². The average Bonchev–Trinajstić information content (AvgIpc) is 3.04. The van der Waals surface area contributed by atoms with Crippen LogP contribution in [-0.2, 0) is 5.41 Å². The van der Waals surface area contributed by atoms with Crippen molar-refractivity contribution in [2.75, 3.05) is 0 Å². The summed E-state index contributed by atoms with van der Waals surface area (Å²) in [5.41, 5.74) is 4.48. The number of aromatic nitrogens is 3. The van der Waals surface area contributed by atoms with E-state index in [9.17, 15) is 0 Å². The molecule has 1 aliphatic rings. The van der Waals surface area contributed by atoms with E-state index in [2.05, 4.69) is 62.2 Å². The number of nitrogens with zero attached hydrogens (tertiary/aromatic N) is 4. The fourth-order valence-corrected chi connectivity index (χ4v) is 4.10. The molecule has 0 aliphatic carbocycles. The topological polar surface area (TPSA) is 43.1 Å². The van der Waals surface area contributed by atoms with Crippen molar-refractivity contribution in [1.29, 1.82) is 0 Å². The van der Waals surface area contributed by atoms with Crippen LogP contribution < -0.4 is 0 Å². The summed E-state index contributed by atoms with van der Waals surface area (Å²) >= 11 is 7.70. The summed E-state index contributed by atoms with van der Waals surface area (Å²) in [6.07, 6.45) is 0. The van der Waals surface area contributed by atoms with Crippen molar-refractivity contribution in [3.63, 3.8) is 0 Å². The van der Waals surface area contributed by atoms with E-state index in [0.717, 1.165) is 32.8 Å². The summed E-state index contributed by atoms with van der Waals surface area (Å²) in [5, 5.41) is 15.4. The third-order valence-corrected chi connectivity index (χ3v) is 5.93. The molecule has 4 nitrogen and oxygen atoms in total. The predicted octanol–water partition coefficient (Wildman–Crippen LogP) is 5.64. The van der Waals surface area contributed by atoms with Crippen LogP contribution in [0.2, 0.25) is 5.02 Å². The zero-order chi connectivity index (χ0) is 19.2. The lowest BCUT2D eigenvalue weighted by molar-refractivity contribution is 0.590. The van der Waals surface area contributed by atoms with Crippen molar-refractivity contribution in [2.45, 2.75) is 43.5 Å². The maximum atomic E-state index is 6.03. The third kappa shape index (κ3) is 3.54. The fourth-order valence-electron chi connectivity index (χ4n) is 3.04. The van der Waals surface area contributed by atoms with Gasteiger partial charge in [0.15, 0.2) is 5.82 Å². The van der Waals surface area contributed by atoms with Crippen LogP contribution in [0.4, 0.5) is 0 Å². The summed E-state index contributed by atoms with van der Waals surface area (Å²) in [4.78, 5) is 0. The minimum absolute atomic E-state index is 0.119.